The zero-order valence-corrected chi connectivity index (χ0v) is 28.0. The lowest BCUT2D eigenvalue weighted by molar-refractivity contribution is -0.115. The van der Waals surface area contributed by atoms with Crippen LogP contribution in [0.4, 0.5) is 11.4 Å². The Balaban J connectivity index is 1.22. The van der Waals surface area contributed by atoms with Crippen molar-refractivity contribution in [2.24, 2.45) is 0 Å². The van der Waals surface area contributed by atoms with Crippen molar-refractivity contribution in [3.8, 4) is 11.5 Å². The van der Waals surface area contributed by atoms with Crippen LogP contribution in [0.1, 0.15) is 35.3 Å². The Morgan fingerprint density at radius 3 is 1.92 bits per heavy atom. The Hall–Kier alpha value is -5.80. The van der Waals surface area contributed by atoms with Crippen molar-refractivity contribution < 1.29 is 23.9 Å². The average Bonchev–Trinajstić information content (AvgIpc) is 3.13. The van der Waals surface area contributed by atoms with E-state index in [4.69, 9.17) is 9.47 Å². The fraction of sp³-hybridized carbons (Fsp3) is 0.125. The van der Waals surface area contributed by atoms with Gasteiger partial charge in [-0.3, -0.25) is 14.4 Å². The third kappa shape index (κ3) is 10.6. The minimum absolute atomic E-state index is 0.0739. The molecule has 8 nitrogen and oxygen atoms in total. The smallest absolute Gasteiger partial charge is 0.272 e. The van der Waals surface area contributed by atoms with Crippen LogP contribution in [0.25, 0.3) is 6.08 Å². The zero-order valence-electron chi connectivity index (χ0n) is 27.2. The largest absolute Gasteiger partial charge is 0.494 e. The average molecular weight is 672 g/mol. The number of carbonyl (C=O) groups excluding carboxylic acids is 3. The summed E-state index contributed by atoms with van der Waals surface area (Å²) in [6, 6.07) is 40.3. The first-order chi connectivity index (χ1) is 23.9. The quantitative estimate of drug-likeness (QED) is 0.0812. The Kier molecular flexibility index (Phi) is 12.2. The Morgan fingerprint density at radius 1 is 0.694 bits per heavy atom. The van der Waals surface area contributed by atoms with Gasteiger partial charge in [0.2, 0.25) is 5.91 Å². The maximum absolute atomic E-state index is 13.5. The van der Waals surface area contributed by atoms with Gasteiger partial charge in [0.25, 0.3) is 11.8 Å². The van der Waals surface area contributed by atoms with Crippen LogP contribution in [0, 0.1) is 0 Å². The van der Waals surface area contributed by atoms with E-state index in [0.717, 1.165) is 16.2 Å². The van der Waals surface area contributed by atoms with Gasteiger partial charge in [0.1, 0.15) is 23.8 Å². The van der Waals surface area contributed by atoms with Crippen molar-refractivity contribution >= 4 is 46.9 Å². The van der Waals surface area contributed by atoms with Crippen molar-refractivity contribution in [3.05, 3.63) is 156 Å². The maximum atomic E-state index is 13.5. The number of nitrogens with one attached hydrogen (secondary N) is 3. The summed E-state index contributed by atoms with van der Waals surface area (Å²) in [6.45, 7) is 4.76. The van der Waals surface area contributed by atoms with Gasteiger partial charge < -0.3 is 25.4 Å². The van der Waals surface area contributed by atoms with Crippen LogP contribution in [-0.2, 0) is 16.2 Å². The molecule has 0 aliphatic carbocycles. The zero-order chi connectivity index (χ0) is 34.4. The number of hydrogen-bond acceptors (Lipinski definition) is 6. The van der Waals surface area contributed by atoms with E-state index >= 15 is 0 Å². The molecule has 0 heterocycles. The van der Waals surface area contributed by atoms with Gasteiger partial charge >= 0.3 is 0 Å². The topological polar surface area (TPSA) is 106 Å². The molecule has 0 saturated heterocycles. The lowest BCUT2D eigenvalue weighted by Gasteiger charge is -2.14. The molecule has 0 aliphatic heterocycles. The second-order valence-electron chi connectivity index (χ2n) is 10.9. The standard InChI is InChI=1S/C40H37N3O5S/c1-3-47-34-22-16-32(17-23-34)41-38(44)28(2)49-36-24-18-33(19-25-36)42-40(46)37(43-39(45)31-12-8-5-9-13-31)26-29-14-20-35(21-15-29)48-27-30-10-6-4-7-11-30/h4-26,28H,3,27H2,1-2H3,(H,41,44)(H,42,46)(H,43,45)/b37-26-. The number of anilines is 2. The van der Waals surface area contributed by atoms with E-state index in [9.17, 15) is 14.4 Å². The van der Waals surface area contributed by atoms with Gasteiger partial charge in [-0.25, -0.2) is 0 Å². The summed E-state index contributed by atoms with van der Waals surface area (Å²) in [4.78, 5) is 40.2. The second-order valence-corrected chi connectivity index (χ2v) is 12.3. The van der Waals surface area contributed by atoms with Gasteiger partial charge in [0.05, 0.1) is 11.9 Å². The maximum Gasteiger partial charge on any atom is 0.272 e. The summed E-state index contributed by atoms with van der Waals surface area (Å²) in [5.41, 5.74) is 3.48. The molecule has 5 rings (SSSR count). The van der Waals surface area contributed by atoms with Gasteiger partial charge in [-0.1, -0.05) is 60.7 Å². The first-order valence-electron chi connectivity index (χ1n) is 15.8. The lowest BCUT2D eigenvalue weighted by Crippen LogP contribution is -2.30. The van der Waals surface area contributed by atoms with Crippen molar-refractivity contribution in [2.75, 3.05) is 17.2 Å². The van der Waals surface area contributed by atoms with Crippen LogP contribution in [0.2, 0.25) is 0 Å². The van der Waals surface area contributed by atoms with Gasteiger partial charge in [0.15, 0.2) is 0 Å². The summed E-state index contributed by atoms with van der Waals surface area (Å²) < 4.78 is 11.3. The van der Waals surface area contributed by atoms with Crippen molar-refractivity contribution in [2.45, 2.75) is 30.6 Å². The van der Waals surface area contributed by atoms with Crippen LogP contribution in [0.3, 0.4) is 0 Å². The molecule has 3 N–H and O–H groups in total. The third-order valence-corrected chi connectivity index (χ3v) is 8.31. The van der Waals surface area contributed by atoms with Gasteiger partial charge in [-0.15, -0.1) is 11.8 Å². The van der Waals surface area contributed by atoms with Gasteiger partial charge in [0, 0.05) is 21.8 Å². The molecule has 248 valence electrons. The van der Waals surface area contributed by atoms with Crippen LogP contribution in [-0.4, -0.2) is 29.6 Å². The molecule has 1 atom stereocenters. The molecular formula is C40H37N3O5S. The molecule has 5 aromatic rings. The summed E-state index contributed by atoms with van der Waals surface area (Å²) >= 11 is 1.40. The fourth-order valence-electron chi connectivity index (χ4n) is 4.63. The molecule has 0 aliphatic rings. The predicted octanol–water partition coefficient (Wildman–Crippen LogP) is 8.19. The predicted molar refractivity (Wildman–Crippen MR) is 196 cm³/mol. The highest BCUT2D eigenvalue weighted by Crippen LogP contribution is 2.26. The van der Waals surface area contributed by atoms with Crippen LogP contribution in [0.5, 0.6) is 11.5 Å². The van der Waals surface area contributed by atoms with Crippen LogP contribution in [0.15, 0.2) is 144 Å². The van der Waals surface area contributed by atoms with Gasteiger partial charge in [-0.2, -0.15) is 0 Å². The number of rotatable bonds is 14. The fourth-order valence-corrected chi connectivity index (χ4v) is 5.50. The van der Waals surface area contributed by atoms with Crippen LogP contribution >= 0.6 is 11.8 Å². The minimum atomic E-state index is -0.489. The Bertz CT molecular complexity index is 1860. The van der Waals surface area contributed by atoms with Gasteiger partial charge in [-0.05, 0) is 104 Å². The molecule has 49 heavy (non-hydrogen) atoms. The molecule has 9 heteroatoms. The van der Waals surface area contributed by atoms with Crippen molar-refractivity contribution in [1.29, 1.82) is 0 Å². The first kappa shape index (κ1) is 34.5. The van der Waals surface area contributed by atoms with E-state index < -0.39 is 11.8 Å². The number of carbonyl (C=O) groups is 3. The number of amides is 3. The molecular weight excluding hydrogens is 635 g/mol. The SMILES string of the molecule is CCOc1ccc(NC(=O)C(C)Sc2ccc(NC(=O)/C(=C/c3ccc(OCc4ccccc4)cc3)NC(=O)c3ccccc3)cc2)cc1. The van der Waals surface area contributed by atoms with E-state index in [-0.39, 0.29) is 16.9 Å². The van der Waals surface area contributed by atoms with E-state index in [0.29, 0.717) is 41.5 Å². The van der Waals surface area contributed by atoms with E-state index in [1.54, 1.807) is 54.6 Å². The summed E-state index contributed by atoms with van der Waals surface area (Å²) in [6.07, 6.45) is 1.62. The second kappa shape index (κ2) is 17.4. The van der Waals surface area contributed by atoms with E-state index in [2.05, 4.69) is 16.0 Å². The normalized spacial score (nSPS) is 11.6. The molecule has 0 radical (unpaired) electrons. The molecule has 0 saturated carbocycles. The molecule has 0 aromatic heterocycles. The number of thioether (sulfide) groups is 1. The van der Waals surface area contributed by atoms with Crippen LogP contribution < -0.4 is 25.4 Å². The summed E-state index contributed by atoms with van der Waals surface area (Å²) in [5, 5.41) is 8.19. The molecule has 0 fully saturated rings. The highest BCUT2D eigenvalue weighted by Gasteiger charge is 2.17. The molecule has 5 aromatic carbocycles. The summed E-state index contributed by atoms with van der Waals surface area (Å²) in [5.74, 6) is 0.397. The first-order valence-corrected chi connectivity index (χ1v) is 16.7. The molecule has 3 amide bonds. The summed E-state index contributed by atoms with van der Waals surface area (Å²) in [7, 11) is 0. The minimum Gasteiger partial charge on any atom is -0.494 e. The lowest BCUT2D eigenvalue weighted by atomic mass is 10.1. The third-order valence-electron chi connectivity index (χ3n) is 7.20. The molecule has 0 spiro atoms. The molecule has 1 unspecified atom stereocenters. The number of hydrogen-bond donors (Lipinski definition) is 3. The van der Waals surface area contributed by atoms with Crippen molar-refractivity contribution in [3.63, 3.8) is 0 Å². The van der Waals surface area contributed by atoms with E-state index in [1.165, 1.54) is 11.8 Å². The Morgan fingerprint density at radius 2 is 1.27 bits per heavy atom. The molecule has 0 bridgehead atoms. The van der Waals surface area contributed by atoms with E-state index in [1.807, 2.05) is 98.8 Å². The number of benzene rings is 5. The van der Waals surface area contributed by atoms with Crippen molar-refractivity contribution in [1.82, 2.24) is 5.32 Å². The monoisotopic (exact) mass is 671 g/mol. The highest BCUT2D eigenvalue weighted by molar-refractivity contribution is 8.00. The Labute approximate surface area is 290 Å². The highest BCUT2D eigenvalue weighted by atomic mass is 32.2. The number of ether oxygens (including phenoxy) is 2.